The van der Waals surface area contributed by atoms with Gasteiger partial charge in [-0.15, -0.1) is 0 Å². The van der Waals surface area contributed by atoms with Gasteiger partial charge in [0.15, 0.2) is 0 Å². The van der Waals surface area contributed by atoms with Gasteiger partial charge < -0.3 is 19.1 Å². The van der Waals surface area contributed by atoms with Gasteiger partial charge in [-0.3, -0.25) is 9.59 Å². The first-order chi connectivity index (χ1) is 11.9. The highest BCUT2D eigenvalue weighted by Gasteiger charge is 2.24. The molecule has 142 valence electrons. The largest absolute Gasteiger partial charge is 0.375 e. The van der Waals surface area contributed by atoms with Gasteiger partial charge in [-0.2, -0.15) is 0 Å². The zero-order valence-electron chi connectivity index (χ0n) is 16.3. The predicted octanol–water partition coefficient (Wildman–Crippen LogP) is 2.43. The maximum atomic E-state index is 12.9. The lowest BCUT2D eigenvalue weighted by Gasteiger charge is -2.31. The Kier molecular flexibility index (Phi) is 9.27. The van der Waals surface area contributed by atoms with Crippen LogP contribution in [0.25, 0.3) is 0 Å². The molecule has 0 N–H and O–H groups in total. The summed E-state index contributed by atoms with van der Waals surface area (Å²) in [4.78, 5) is 28.7. The van der Waals surface area contributed by atoms with Crippen LogP contribution in [0.5, 0.6) is 0 Å². The zero-order chi connectivity index (χ0) is 18.8. The normalized spacial score (nSPS) is 12.0. The standard InChI is InChI=1S/C19H33N3O3/c1-6-8-12-21(13-17-10-9-11-20(17)4)18(23)14-22(16(3)7-2)19(24)15-25-5/h9-11,16H,6-8,12-15H2,1-5H3/t16-/m0/s1. The molecule has 1 aromatic heterocycles. The van der Waals surface area contributed by atoms with Gasteiger partial charge in [-0.05, 0) is 31.9 Å². The number of carbonyl (C=O) groups excluding carboxylic acids is 2. The van der Waals surface area contributed by atoms with Gasteiger partial charge in [0.1, 0.15) is 13.2 Å². The van der Waals surface area contributed by atoms with Gasteiger partial charge in [0.25, 0.3) is 0 Å². The summed E-state index contributed by atoms with van der Waals surface area (Å²) in [6.45, 7) is 7.46. The van der Waals surface area contributed by atoms with Crippen molar-refractivity contribution in [2.45, 2.75) is 52.6 Å². The van der Waals surface area contributed by atoms with Crippen LogP contribution in [0, 0.1) is 0 Å². The Labute approximate surface area is 151 Å². The minimum absolute atomic E-state index is 0.00436. The molecule has 0 radical (unpaired) electrons. The van der Waals surface area contributed by atoms with Crippen molar-refractivity contribution < 1.29 is 14.3 Å². The molecule has 0 unspecified atom stereocenters. The van der Waals surface area contributed by atoms with Crippen LogP contribution in [0.1, 0.15) is 45.7 Å². The van der Waals surface area contributed by atoms with Gasteiger partial charge >= 0.3 is 0 Å². The molecule has 1 atom stereocenters. The van der Waals surface area contributed by atoms with E-state index in [4.69, 9.17) is 4.74 Å². The monoisotopic (exact) mass is 351 g/mol. The maximum Gasteiger partial charge on any atom is 0.249 e. The molecule has 1 aromatic rings. The fourth-order valence-corrected chi connectivity index (χ4v) is 2.66. The van der Waals surface area contributed by atoms with Crippen molar-refractivity contribution in [2.24, 2.45) is 7.05 Å². The number of rotatable bonds is 11. The van der Waals surface area contributed by atoms with Crippen LogP contribution in [0.2, 0.25) is 0 Å². The second-order valence-electron chi connectivity index (χ2n) is 6.49. The third kappa shape index (κ3) is 6.53. The summed E-state index contributed by atoms with van der Waals surface area (Å²) in [6.07, 6.45) is 4.75. The van der Waals surface area contributed by atoms with Gasteiger partial charge in [-0.25, -0.2) is 0 Å². The molecule has 0 saturated carbocycles. The summed E-state index contributed by atoms with van der Waals surface area (Å²) >= 11 is 0. The number of unbranched alkanes of at least 4 members (excludes halogenated alkanes) is 1. The SMILES string of the molecule is CCCCN(Cc1cccn1C)C(=O)CN(C(=O)COC)[C@@H](C)CC. The number of carbonyl (C=O) groups is 2. The molecule has 0 aliphatic carbocycles. The summed E-state index contributed by atoms with van der Waals surface area (Å²) in [5.74, 6) is -0.154. The van der Waals surface area contributed by atoms with Crippen LogP contribution in [-0.2, 0) is 27.9 Å². The predicted molar refractivity (Wildman–Crippen MR) is 99.1 cm³/mol. The quantitative estimate of drug-likeness (QED) is 0.615. The van der Waals surface area contributed by atoms with Crippen LogP contribution < -0.4 is 0 Å². The zero-order valence-corrected chi connectivity index (χ0v) is 16.3. The molecule has 2 amide bonds. The van der Waals surface area contributed by atoms with E-state index in [9.17, 15) is 9.59 Å². The number of ether oxygens (including phenoxy) is 1. The number of nitrogens with zero attached hydrogens (tertiary/aromatic N) is 3. The lowest BCUT2D eigenvalue weighted by Crippen LogP contribution is -2.47. The topological polar surface area (TPSA) is 54.8 Å². The third-order valence-electron chi connectivity index (χ3n) is 4.56. The van der Waals surface area contributed by atoms with Crippen molar-refractivity contribution in [2.75, 3.05) is 26.8 Å². The van der Waals surface area contributed by atoms with E-state index in [1.165, 1.54) is 7.11 Å². The number of aryl methyl sites for hydroxylation is 1. The molecule has 6 heteroatoms. The fourth-order valence-electron chi connectivity index (χ4n) is 2.66. The number of methoxy groups -OCH3 is 1. The van der Waals surface area contributed by atoms with Crippen LogP contribution in [0.4, 0.5) is 0 Å². The number of hydrogen-bond donors (Lipinski definition) is 0. The van der Waals surface area contributed by atoms with Gasteiger partial charge in [0.05, 0.1) is 6.54 Å². The van der Waals surface area contributed by atoms with Gasteiger partial charge in [0.2, 0.25) is 11.8 Å². The summed E-state index contributed by atoms with van der Waals surface area (Å²) in [5, 5.41) is 0. The lowest BCUT2D eigenvalue weighted by atomic mass is 10.2. The molecule has 0 saturated heterocycles. The van der Waals surface area contributed by atoms with E-state index in [1.807, 2.05) is 48.7 Å². The third-order valence-corrected chi connectivity index (χ3v) is 4.56. The molecule has 0 fully saturated rings. The highest BCUT2D eigenvalue weighted by molar-refractivity contribution is 5.85. The summed E-state index contributed by atoms with van der Waals surface area (Å²) in [6, 6.07) is 4.01. The van der Waals surface area contributed by atoms with Gasteiger partial charge in [0, 0.05) is 38.6 Å². The fraction of sp³-hybridized carbons (Fsp3) is 0.684. The van der Waals surface area contributed by atoms with Crippen molar-refractivity contribution in [1.82, 2.24) is 14.4 Å². The maximum absolute atomic E-state index is 12.9. The smallest absolute Gasteiger partial charge is 0.249 e. The average molecular weight is 351 g/mol. The van der Waals surface area contributed by atoms with E-state index in [0.29, 0.717) is 13.1 Å². The molecule has 0 aromatic carbocycles. The highest BCUT2D eigenvalue weighted by atomic mass is 16.5. The Morgan fingerprint density at radius 2 is 2.00 bits per heavy atom. The molecule has 0 aliphatic heterocycles. The lowest BCUT2D eigenvalue weighted by molar-refractivity contribution is -0.145. The first-order valence-electron chi connectivity index (χ1n) is 9.10. The van der Waals surface area contributed by atoms with Crippen LogP contribution in [-0.4, -0.2) is 59.0 Å². The Hall–Kier alpha value is -1.82. The Balaban J connectivity index is 2.86. The van der Waals surface area contributed by atoms with E-state index in [2.05, 4.69) is 6.92 Å². The second kappa shape index (κ2) is 10.9. The molecule has 0 spiro atoms. The molecule has 0 aliphatic rings. The molecular formula is C19H33N3O3. The second-order valence-corrected chi connectivity index (χ2v) is 6.49. The van der Waals surface area contributed by atoms with Crippen molar-refractivity contribution in [1.29, 1.82) is 0 Å². The molecule has 1 heterocycles. The Bertz CT molecular complexity index is 542. The number of amides is 2. The molecule has 6 nitrogen and oxygen atoms in total. The van der Waals surface area contributed by atoms with E-state index in [-0.39, 0.29) is 31.0 Å². The van der Waals surface area contributed by atoms with Gasteiger partial charge in [-0.1, -0.05) is 20.3 Å². The van der Waals surface area contributed by atoms with Crippen LogP contribution in [0.3, 0.4) is 0 Å². The van der Waals surface area contributed by atoms with Crippen molar-refractivity contribution in [3.8, 4) is 0 Å². The molecule has 0 bridgehead atoms. The minimum Gasteiger partial charge on any atom is -0.375 e. The first kappa shape index (κ1) is 21.2. The Morgan fingerprint density at radius 3 is 2.52 bits per heavy atom. The van der Waals surface area contributed by atoms with Crippen molar-refractivity contribution >= 4 is 11.8 Å². The summed E-state index contributed by atoms with van der Waals surface area (Å²) < 4.78 is 6.99. The summed E-state index contributed by atoms with van der Waals surface area (Å²) in [7, 11) is 3.48. The van der Waals surface area contributed by atoms with Crippen molar-refractivity contribution in [3.05, 3.63) is 24.0 Å². The van der Waals surface area contributed by atoms with E-state index >= 15 is 0 Å². The number of aromatic nitrogens is 1. The van der Waals surface area contributed by atoms with E-state index in [1.54, 1.807) is 4.90 Å². The van der Waals surface area contributed by atoms with Crippen molar-refractivity contribution in [3.63, 3.8) is 0 Å². The molecule has 25 heavy (non-hydrogen) atoms. The minimum atomic E-state index is -0.139. The highest BCUT2D eigenvalue weighted by Crippen LogP contribution is 2.10. The molecule has 1 rings (SSSR count). The average Bonchev–Trinajstić information content (AvgIpc) is 3.00. The van der Waals surface area contributed by atoms with Crippen LogP contribution >= 0.6 is 0 Å². The van der Waals surface area contributed by atoms with Crippen LogP contribution in [0.15, 0.2) is 18.3 Å². The number of hydrogen-bond acceptors (Lipinski definition) is 3. The van der Waals surface area contributed by atoms with E-state index in [0.717, 1.165) is 25.0 Å². The van der Waals surface area contributed by atoms with E-state index < -0.39 is 0 Å². The first-order valence-corrected chi connectivity index (χ1v) is 9.10. The molecular weight excluding hydrogens is 318 g/mol. The Morgan fingerprint density at radius 1 is 1.28 bits per heavy atom. The summed E-state index contributed by atoms with van der Waals surface area (Å²) in [5.41, 5.74) is 1.09.